The summed E-state index contributed by atoms with van der Waals surface area (Å²) in [7, 11) is 1.53. The van der Waals surface area contributed by atoms with E-state index in [4.69, 9.17) is 10.5 Å². The quantitative estimate of drug-likeness (QED) is 0.464. The lowest BCUT2D eigenvalue weighted by atomic mass is 10.1. The molecule has 1 amide bonds. The first-order valence-electron chi connectivity index (χ1n) is 9.30. The number of nitrogens with one attached hydrogen (secondary N) is 1. The molecule has 10 heteroatoms. The molecule has 0 unspecified atom stereocenters. The minimum absolute atomic E-state index is 0.235. The van der Waals surface area contributed by atoms with Crippen molar-refractivity contribution in [3.63, 3.8) is 0 Å². The Balaban J connectivity index is 1.81. The summed E-state index contributed by atoms with van der Waals surface area (Å²) in [5.41, 5.74) is 10.1. The fourth-order valence-electron chi connectivity index (χ4n) is 3.41. The monoisotopic (exact) mass is 433 g/mol. The maximum absolute atomic E-state index is 11.8. The second-order valence-electron chi connectivity index (χ2n) is 6.91. The first-order chi connectivity index (χ1) is 14.8. The van der Waals surface area contributed by atoms with Gasteiger partial charge in [0.25, 0.3) is 5.91 Å². The molecule has 0 spiro atoms. The van der Waals surface area contributed by atoms with Gasteiger partial charge in [-0.25, -0.2) is 15.0 Å². The number of rotatable bonds is 5. The van der Waals surface area contributed by atoms with Gasteiger partial charge in [-0.15, -0.1) is 11.3 Å². The van der Waals surface area contributed by atoms with Crippen LogP contribution in [0.15, 0.2) is 18.3 Å². The highest BCUT2D eigenvalue weighted by Crippen LogP contribution is 2.30. The molecule has 0 radical (unpaired) electrons. The van der Waals surface area contributed by atoms with Gasteiger partial charge in [0.1, 0.15) is 16.9 Å². The van der Waals surface area contributed by atoms with Crippen molar-refractivity contribution in [2.24, 2.45) is 5.73 Å². The average molecular weight is 433 g/mol. The van der Waals surface area contributed by atoms with Gasteiger partial charge in [-0.2, -0.15) is 5.26 Å². The van der Waals surface area contributed by atoms with Gasteiger partial charge in [-0.1, -0.05) is 0 Å². The molecule has 0 aliphatic carbocycles. The van der Waals surface area contributed by atoms with Crippen LogP contribution in [-0.2, 0) is 0 Å². The standard InChI is InChI=1S/C21H19N7O2S/c1-10-5-13(11(2)28(10)21-18(19(23)29)25-12(3)31-21)6-14(8-22)20-26-15-7-17(30-4)24-9-16(15)27-20/h5-7,9H,1-4H3,(H2,23,29)(H,26,27)/b14-6+. The normalized spacial score (nSPS) is 11.6. The molecule has 31 heavy (non-hydrogen) atoms. The number of H-pyrrole nitrogens is 1. The number of aryl methyl sites for hydroxylation is 2. The molecule has 0 aliphatic heterocycles. The summed E-state index contributed by atoms with van der Waals surface area (Å²) in [6, 6.07) is 5.85. The number of aromatic nitrogens is 5. The van der Waals surface area contributed by atoms with Gasteiger partial charge >= 0.3 is 0 Å². The van der Waals surface area contributed by atoms with E-state index in [9.17, 15) is 10.1 Å². The summed E-state index contributed by atoms with van der Waals surface area (Å²) in [5.74, 6) is 0.304. The molecule has 4 aromatic rings. The summed E-state index contributed by atoms with van der Waals surface area (Å²) < 4.78 is 7.06. The number of nitrogens with zero attached hydrogens (tertiary/aromatic N) is 5. The molecule has 9 nitrogen and oxygen atoms in total. The lowest BCUT2D eigenvalue weighted by Gasteiger charge is -2.07. The van der Waals surface area contributed by atoms with E-state index in [1.807, 2.05) is 31.4 Å². The Labute approximate surface area is 181 Å². The van der Waals surface area contributed by atoms with Crippen LogP contribution in [0.25, 0.3) is 27.7 Å². The molecule has 4 heterocycles. The smallest absolute Gasteiger partial charge is 0.270 e. The van der Waals surface area contributed by atoms with Gasteiger partial charge in [-0.05, 0) is 38.5 Å². The maximum atomic E-state index is 11.8. The number of imidazole rings is 1. The first-order valence-corrected chi connectivity index (χ1v) is 10.1. The number of aromatic amines is 1. The zero-order valence-electron chi connectivity index (χ0n) is 17.3. The number of hydrogen-bond acceptors (Lipinski definition) is 7. The number of pyridine rings is 1. The second kappa shape index (κ2) is 7.70. The Kier molecular flexibility index (Phi) is 5.04. The van der Waals surface area contributed by atoms with Gasteiger partial charge in [0.15, 0.2) is 5.69 Å². The number of primary amides is 1. The Bertz CT molecular complexity index is 1400. The van der Waals surface area contributed by atoms with Crippen LogP contribution in [-0.4, -0.2) is 37.5 Å². The number of ether oxygens (including phenoxy) is 1. The Morgan fingerprint density at radius 3 is 2.77 bits per heavy atom. The summed E-state index contributed by atoms with van der Waals surface area (Å²) in [6.45, 7) is 5.67. The molecule has 0 saturated heterocycles. The lowest BCUT2D eigenvalue weighted by molar-refractivity contribution is 0.0996. The van der Waals surface area contributed by atoms with Crippen molar-refractivity contribution in [1.82, 2.24) is 24.5 Å². The van der Waals surface area contributed by atoms with Crippen molar-refractivity contribution in [3.05, 3.63) is 51.8 Å². The number of carbonyl (C=O) groups excluding carboxylic acids is 1. The third kappa shape index (κ3) is 3.55. The van der Waals surface area contributed by atoms with Crippen LogP contribution in [0, 0.1) is 32.1 Å². The van der Waals surface area contributed by atoms with E-state index in [0.29, 0.717) is 33.3 Å². The molecule has 0 fully saturated rings. The Morgan fingerprint density at radius 1 is 1.32 bits per heavy atom. The van der Waals surface area contributed by atoms with E-state index < -0.39 is 5.91 Å². The van der Waals surface area contributed by atoms with Crippen LogP contribution in [0.2, 0.25) is 0 Å². The zero-order valence-corrected chi connectivity index (χ0v) is 18.2. The summed E-state index contributed by atoms with van der Waals surface area (Å²) in [4.78, 5) is 27.9. The predicted molar refractivity (Wildman–Crippen MR) is 118 cm³/mol. The molecule has 0 aliphatic rings. The molecule has 3 N–H and O–H groups in total. The van der Waals surface area contributed by atoms with Crippen LogP contribution < -0.4 is 10.5 Å². The highest BCUT2D eigenvalue weighted by molar-refractivity contribution is 7.14. The molecule has 0 atom stereocenters. The number of nitrogens with two attached hydrogens (primary N) is 1. The summed E-state index contributed by atoms with van der Waals surface area (Å²) >= 11 is 1.39. The van der Waals surface area contributed by atoms with E-state index in [1.54, 1.807) is 18.3 Å². The van der Waals surface area contributed by atoms with Crippen LogP contribution in [0.1, 0.15) is 38.3 Å². The fourth-order valence-corrected chi connectivity index (χ4v) is 4.45. The molecule has 0 saturated carbocycles. The first kappa shape index (κ1) is 20.3. The minimum atomic E-state index is -0.576. The molecule has 4 aromatic heterocycles. The number of nitriles is 1. The summed E-state index contributed by atoms with van der Waals surface area (Å²) in [6.07, 6.45) is 3.38. The Hall–Kier alpha value is -3.97. The number of hydrogen-bond donors (Lipinski definition) is 2. The highest BCUT2D eigenvalue weighted by atomic mass is 32.1. The number of amides is 1. The highest BCUT2D eigenvalue weighted by Gasteiger charge is 2.20. The van der Waals surface area contributed by atoms with Crippen molar-refractivity contribution in [2.45, 2.75) is 20.8 Å². The second-order valence-corrected chi connectivity index (χ2v) is 8.09. The molecule has 156 valence electrons. The number of allylic oxidation sites excluding steroid dienone is 1. The van der Waals surface area contributed by atoms with Crippen molar-refractivity contribution in [1.29, 1.82) is 5.26 Å². The maximum Gasteiger partial charge on any atom is 0.270 e. The van der Waals surface area contributed by atoms with Crippen molar-refractivity contribution < 1.29 is 9.53 Å². The van der Waals surface area contributed by atoms with E-state index in [-0.39, 0.29) is 5.69 Å². The van der Waals surface area contributed by atoms with Crippen molar-refractivity contribution in [2.75, 3.05) is 7.11 Å². The number of methoxy groups -OCH3 is 1. The van der Waals surface area contributed by atoms with Crippen LogP contribution >= 0.6 is 11.3 Å². The number of fused-ring (bicyclic) bond motifs is 1. The minimum Gasteiger partial charge on any atom is -0.481 e. The molecule has 0 bridgehead atoms. The fraction of sp³-hybridized carbons (Fsp3) is 0.190. The van der Waals surface area contributed by atoms with E-state index >= 15 is 0 Å². The van der Waals surface area contributed by atoms with Gasteiger partial charge in [0, 0.05) is 17.5 Å². The number of thiazole rings is 1. The van der Waals surface area contributed by atoms with E-state index in [1.165, 1.54) is 18.4 Å². The van der Waals surface area contributed by atoms with Crippen LogP contribution in [0.4, 0.5) is 0 Å². The molecule has 0 aromatic carbocycles. The van der Waals surface area contributed by atoms with Crippen LogP contribution in [0.3, 0.4) is 0 Å². The molecule has 4 rings (SSSR count). The van der Waals surface area contributed by atoms with Crippen LogP contribution in [0.5, 0.6) is 5.88 Å². The van der Waals surface area contributed by atoms with Crippen molar-refractivity contribution in [3.8, 4) is 17.0 Å². The number of carbonyl (C=O) groups is 1. The predicted octanol–water partition coefficient (Wildman–Crippen LogP) is 3.30. The molecular formula is C21H19N7O2S. The summed E-state index contributed by atoms with van der Waals surface area (Å²) in [5, 5.41) is 11.2. The van der Waals surface area contributed by atoms with Crippen molar-refractivity contribution >= 4 is 39.9 Å². The zero-order chi connectivity index (χ0) is 22.3. The third-order valence-electron chi connectivity index (χ3n) is 4.85. The SMILES string of the molecule is COc1cc2nc(/C(C#N)=C/c3cc(C)n(-c4sc(C)nc4C(N)=O)c3C)[nH]c2cn1. The van der Waals surface area contributed by atoms with Gasteiger partial charge in [0.2, 0.25) is 5.88 Å². The average Bonchev–Trinajstić information content (AvgIpc) is 3.40. The molecular weight excluding hydrogens is 414 g/mol. The van der Waals surface area contributed by atoms with E-state index in [2.05, 4.69) is 26.0 Å². The third-order valence-corrected chi connectivity index (χ3v) is 5.81. The topological polar surface area (TPSA) is 136 Å². The Morgan fingerprint density at radius 2 is 2.10 bits per heavy atom. The van der Waals surface area contributed by atoms with E-state index in [0.717, 1.165) is 22.0 Å². The van der Waals surface area contributed by atoms with Gasteiger partial charge in [0.05, 0.1) is 34.9 Å². The van der Waals surface area contributed by atoms with Gasteiger partial charge in [-0.3, -0.25) is 4.79 Å². The lowest BCUT2D eigenvalue weighted by Crippen LogP contribution is -2.15. The van der Waals surface area contributed by atoms with Gasteiger partial charge < -0.3 is 20.0 Å². The largest absolute Gasteiger partial charge is 0.481 e.